The number of aromatic nitrogens is 3. The number of nitrogens with zero attached hydrogens (tertiary/aromatic N) is 3. The Kier molecular flexibility index (Phi) is 3.41. The van der Waals surface area contributed by atoms with E-state index in [4.69, 9.17) is 0 Å². The molecule has 114 valence electrons. The molecule has 1 aromatic heterocycles. The number of carbonyl (C=O) groups is 1. The second-order valence-electron chi connectivity index (χ2n) is 6.41. The molecule has 1 heterocycles. The van der Waals surface area contributed by atoms with Crippen molar-refractivity contribution in [2.45, 2.75) is 38.1 Å². The van der Waals surface area contributed by atoms with E-state index in [9.17, 15) is 4.79 Å². The maximum atomic E-state index is 12.2. The lowest BCUT2D eigenvalue weighted by atomic mass is 10.1. The van der Waals surface area contributed by atoms with Crippen molar-refractivity contribution in [1.82, 2.24) is 20.3 Å². The monoisotopic (exact) mass is 296 g/mol. The van der Waals surface area contributed by atoms with E-state index in [2.05, 4.69) is 15.5 Å². The first-order chi connectivity index (χ1) is 10.8. The number of amides is 1. The molecular formula is C17H20N4O. The lowest BCUT2D eigenvalue weighted by Gasteiger charge is -2.17. The molecule has 0 radical (unpaired) electrons. The molecule has 22 heavy (non-hydrogen) atoms. The summed E-state index contributed by atoms with van der Waals surface area (Å²) in [5.74, 6) is 1.51. The first-order valence-electron chi connectivity index (χ1n) is 8.05. The van der Waals surface area contributed by atoms with Gasteiger partial charge in [0, 0.05) is 6.04 Å². The zero-order valence-electron chi connectivity index (χ0n) is 12.5. The molecule has 0 atom stereocenters. The van der Waals surface area contributed by atoms with Crippen LogP contribution in [-0.4, -0.2) is 26.9 Å². The first kappa shape index (κ1) is 13.5. The number of nitrogens with one attached hydrogen (secondary N) is 1. The van der Waals surface area contributed by atoms with E-state index in [-0.39, 0.29) is 5.91 Å². The van der Waals surface area contributed by atoms with Crippen molar-refractivity contribution < 1.29 is 4.79 Å². The van der Waals surface area contributed by atoms with Gasteiger partial charge in [0.15, 0.2) is 0 Å². The highest BCUT2D eigenvalue weighted by Gasteiger charge is 2.42. The van der Waals surface area contributed by atoms with Crippen LogP contribution in [0.15, 0.2) is 36.5 Å². The highest BCUT2D eigenvalue weighted by atomic mass is 16.1. The Labute approximate surface area is 129 Å². The van der Waals surface area contributed by atoms with Gasteiger partial charge in [0.2, 0.25) is 5.91 Å². The van der Waals surface area contributed by atoms with Crippen LogP contribution in [-0.2, 0) is 11.2 Å². The van der Waals surface area contributed by atoms with Crippen LogP contribution in [0.1, 0.15) is 31.4 Å². The van der Waals surface area contributed by atoms with Crippen molar-refractivity contribution in [3.8, 4) is 5.69 Å². The summed E-state index contributed by atoms with van der Waals surface area (Å²) in [5.41, 5.74) is 1.62. The van der Waals surface area contributed by atoms with Gasteiger partial charge in [0.05, 0.1) is 24.0 Å². The molecular weight excluding hydrogens is 276 g/mol. The molecule has 2 aliphatic rings. The smallest absolute Gasteiger partial charge is 0.226 e. The molecule has 1 amide bonds. The SMILES string of the molecule is O=C(Cc1cnn(-c2ccccc2)n1)NC(C1CC1)C1CC1. The molecule has 2 aromatic rings. The maximum Gasteiger partial charge on any atom is 0.226 e. The van der Waals surface area contributed by atoms with Crippen molar-refractivity contribution in [3.63, 3.8) is 0 Å². The van der Waals surface area contributed by atoms with Gasteiger partial charge in [0.25, 0.3) is 0 Å². The van der Waals surface area contributed by atoms with Crippen molar-refractivity contribution in [3.05, 3.63) is 42.2 Å². The molecule has 0 saturated heterocycles. The zero-order valence-corrected chi connectivity index (χ0v) is 12.5. The van der Waals surface area contributed by atoms with Gasteiger partial charge in [-0.25, -0.2) is 0 Å². The van der Waals surface area contributed by atoms with Crippen LogP contribution in [0, 0.1) is 11.8 Å². The third kappa shape index (κ3) is 3.03. The summed E-state index contributed by atoms with van der Waals surface area (Å²) < 4.78 is 0. The van der Waals surface area contributed by atoms with Crippen LogP contribution < -0.4 is 5.32 Å². The molecule has 2 aliphatic carbocycles. The van der Waals surface area contributed by atoms with Crippen LogP contribution in [0.3, 0.4) is 0 Å². The van der Waals surface area contributed by atoms with E-state index in [0.29, 0.717) is 18.2 Å². The molecule has 0 aliphatic heterocycles. The summed E-state index contributed by atoms with van der Waals surface area (Å²) in [4.78, 5) is 13.8. The van der Waals surface area contributed by atoms with E-state index in [0.717, 1.165) is 17.5 Å². The van der Waals surface area contributed by atoms with Crippen molar-refractivity contribution in [2.75, 3.05) is 0 Å². The quantitative estimate of drug-likeness (QED) is 0.888. The highest BCUT2D eigenvalue weighted by molar-refractivity contribution is 5.78. The van der Waals surface area contributed by atoms with Crippen LogP contribution in [0.5, 0.6) is 0 Å². The largest absolute Gasteiger partial charge is 0.352 e. The fourth-order valence-electron chi connectivity index (χ4n) is 2.99. The number of carbonyl (C=O) groups excluding carboxylic acids is 1. The number of benzene rings is 1. The van der Waals surface area contributed by atoms with Crippen LogP contribution >= 0.6 is 0 Å². The Morgan fingerprint density at radius 3 is 2.50 bits per heavy atom. The zero-order chi connectivity index (χ0) is 14.9. The van der Waals surface area contributed by atoms with Gasteiger partial charge < -0.3 is 5.32 Å². The Morgan fingerprint density at radius 2 is 1.86 bits per heavy atom. The fraction of sp³-hybridized carbons (Fsp3) is 0.471. The third-order valence-electron chi connectivity index (χ3n) is 4.46. The Morgan fingerprint density at radius 1 is 1.18 bits per heavy atom. The number of rotatable bonds is 6. The minimum atomic E-state index is 0.0731. The summed E-state index contributed by atoms with van der Waals surface area (Å²) in [6.07, 6.45) is 7.06. The van der Waals surface area contributed by atoms with Crippen molar-refractivity contribution in [2.24, 2.45) is 11.8 Å². The Hall–Kier alpha value is -2.17. The van der Waals surface area contributed by atoms with Gasteiger partial charge in [-0.3, -0.25) is 4.79 Å². The summed E-state index contributed by atoms with van der Waals surface area (Å²) in [6.45, 7) is 0. The van der Waals surface area contributed by atoms with Gasteiger partial charge in [-0.2, -0.15) is 15.0 Å². The van der Waals surface area contributed by atoms with E-state index in [1.807, 2.05) is 30.3 Å². The van der Waals surface area contributed by atoms with Gasteiger partial charge in [0.1, 0.15) is 0 Å². The number of para-hydroxylation sites is 1. The van der Waals surface area contributed by atoms with Gasteiger partial charge in [-0.05, 0) is 49.7 Å². The average molecular weight is 296 g/mol. The van der Waals surface area contributed by atoms with Gasteiger partial charge in [-0.1, -0.05) is 18.2 Å². The lowest BCUT2D eigenvalue weighted by molar-refractivity contribution is -0.121. The minimum absolute atomic E-state index is 0.0731. The summed E-state index contributed by atoms with van der Waals surface area (Å²) >= 11 is 0. The Bertz CT molecular complexity index is 646. The molecule has 2 fully saturated rings. The molecule has 4 rings (SSSR count). The Balaban J connectivity index is 1.38. The minimum Gasteiger partial charge on any atom is -0.352 e. The topological polar surface area (TPSA) is 59.8 Å². The second kappa shape index (κ2) is 5.55. The van der Waals surface area contributed by atoms with Gasteiger partial charge >= 0.3 is 0 Å². The van der Waals surface area contributed by atoms with Crippen molar-refractivity contribution >= 4 is 5.91 Å². The fourth-order valence-corrected chi connectivity index (χ4v) is 2.99. The van der Waals surface area contributed by atoms with E-state index in [1.165, 1.54) is 25.7 Å². The molecule has 2 saturated carbocycles. The molecule has 0 spiro atoms. The van der Waals surface area contributed by atoms with Crippen LogP contribution in [0.4, 0.5) is 0 Å². The summed E-state index contributed by atoms with van der Waals surface area (Å²) in [5, 5.41) is 11.9. The standard InChI is InChI=1S/C17H20N4O/c22-16(19-17(12-6-7-12)13-8-9-13)10-14-11-18-21(20-14)15-4-2-1-3-5-15/h1-5,11-13,17H,6-10H2,(H,19,22). The van der Waals surface area contributed by atoms with E-state index < -0.39 is 0 Å². The molecule has 1 N–H and O–H groups in total. The highest BCUT2D eigenvalue weighted by Crippen LogP contribution is 2.44. The second-order valence-corrected chi connectivity index (χ2v) is 6.41. The first-order valence-corrected chi connectivity index (χ1v) is 8.05. The van der Waals surface area contributed by atoms with Gasteiger partial charge in [-0.15, -0.1) is 0 Å². The van der Waals surface area contributed by atoms with Crippen LogP contribution in [0.25, 0.3) is 5.69 Å². The molecule has 5 heteroatoms. The normalized spacial score (nSPS) is 17.7. The third-order valence-corrected chi connectivity index (χ3v) is 4.46. The molecule has 5 nitrogen and oxygen atoms in total. The number of hydrogen-bond donors (Lipinski definition) is 1. The average Bonchev–Trinajstić information content (AvgIpc) is 3.45. The van der Waals surface area contributed by atoms with Crippen LogP contribution in [0.2, 0.25) is 0 Å². The predicted octanol–water partition coefficient (Wildman–Crippen LogP) is 2.11. The molecule has 0 unspecified atom stereocenters. The lowest BCUT2D eigenvalue weighted by Crippen LogP contribution is -2.39. The van der Waals surface area contributed by atoms with E-state index in [1.54, 1.807) is 11.0 Å². The van der Waals surface area contributed by atoms with Crippen molar-refractivity contribution in [1.29, 1.82) is 0 Å². The van der Waals surface area contributed by atoms with E-state index >= 15 is 0 Å². The molecule has 1 aromatic carbocycles. The summed E-state index contributed by atoms with van der Waals surface area (Å²) in [7, 11) is 0. The molecule has 0 bridgehead atoms. The summed E-state index contributed by atoms with van der Waals surface area (Å²) in [6, 6.07) is 10.1. The number of hydrogen-bond acceptors (Lipinski definition) is 3. The predicted molar refractivity (Wildman–Crippen MR) is 82.4 cm³/mol. The maximum absolute atomic E-state index is 12.2.